The molecule has 8 heteroatoms. The predicted octanol–water partition coefficient (Wildman–Crippen LogP) is 4.23. The number of methoxy groups -OCH3 is 1. The Morgan fingerprint density at radius 2 is 1.88 bits per heavy atom. The molecule has 0 radical (unpaired) electrons. The van der Waals surface area contributed by atoms with Gasteiger partial charge in [-0.3, -0.25) is 4.79 Å². The van der Waals surface area contributed by atoms with Crippen LogP contribution in [0.4, 0.5) is 10.2 Å². The molecule has 0 spiro atoms. The molecule has 1 aromatic carbocycles. The van der Waals surface area contributed by atoms with E-state index in [1.165, 1.54) is 19.2 Å². The summed E-state index contributed by atoms with van der Waals surface area (Å²) in [5, 5.41) is 3.23. The Kier molecular flexibility index (Phi) is 10.5. The van der Waals surface area contributed by atoms with E-state index in [9.17, 15) is 9.18 Å². The molecule has 1 aliphatic rings. The minimum atomic E-state index is -0.691. The van der Waals surface area contributed by atoms with E-state index in [4.69, 9.17) is 15.3 Å². The van der Waals surface area contributed by atoms with E-state index in [1.807, 2.05) is 19.9 Å². The van der Waals surface area contributed by atoms with Crippen molar-refractivity contribution < 1.29 is 23.5 Å². The van der Waals surface area contributed by atoms with Gasteiger partial charge in [0.05, 0.1) is 12.7 Å². The third kappa shape index (κ3) is 7.77. The van der Waals surface area contributed by atoms with Crippen LogP contribution in [0, 0.1) is 5.82 Å². The summed E-state index contributed by atoms with van der Waals surface area (Å²) in [6.45, 7) is 11.2. The fourth-order valence-electron chi connectivity index (χ4n) is 2.76. The summed E-state index contributed by atoms with van der Waals surface area (Å²) in [5.41, 5.74) is 8.46. The Morgan fingerprint density at radius 1 is 1.22 bits per heavy atom. The standard InChI is InChI=1S/C20H22FN3O2.C2H4O2.C2H6/c1-20(2,3)26-19(25)15-5-4-12(9-17(15)21)16-8-14(11-24-18(16)22)13-6-7-23-10-13;1-4-2-3;1-2/h4-6,8-9,11,23H,7,10H2,1-3H3,(H2,22,24);2H,1H3;1-2H3. The number of ether oxygens (including phenoxy) is 2. The zero-order chi connectivity index (χ0) is 24.3. The lowest BCUT2D eigenvalue weighted by molar-refractivity contribution is -0.126. The summed E-state index contributed by atoms with van der Waals surface area (Å²) in [6, 6.07) is 6.25. The number of nitrogen functional groups attached to an aromatic ring is 1. The highest BCUT2D eigenvalue weighted by Crippen LogP contribution is 2.30. The van der Waals surface area contributed by atoms with Gasteiger partial charge in [0.25, 0.3) is 6.47 Å². The van der Waals surface area contributed by atoms with E-state index in [-0.39, 0.29) is 5.56 Å². The van der Waals surface area contributed by atoms with E-state index in [0.717, 1.165) is 24.2 Å². The second-order valence-corrected chi connectivity index (χ2v) is 7.55. The molecule has 0 unspecified atom stereocenters. The maximum Gasteiger partial charge on any atom is 0.341 e. The zero-order valence-electron chi connectivity index (χ0n) is 19.5. The predicted molar refractivity (Wildman–Crippen MR) is 124 cm³/mol. The number of nitrogens with zero attached hydrogens (tertiary/aromatic N) is 1. The summed E-state index contributed by atoms with van der Waals surface area (Å²) in [5.74, 6) is -1.03. The second kappa shape index (κ2) is 12.6. The molecule has 0 saturated carbocycles. The number of hydrogen-bond donors (Lipinski definition) is 2. The molecule has 0 atom stereocenters. The van der Waals surface area contributed by atoms with Gasteiger partial charge in [0, 0.05) is 24.8 Å². The Morgan fingerprint density at radius 3 is 2.38 bits per heavy atom. The normalized spacial score (nSPS) is 12.4. The van der Waals surface area contributed by atoms with Crippen molar-refractivity contribution in [2.75, 3.05) is 25.9 Å². The first-order chi connectivity index (χ1) is 15.2. The van der Waals surface area contributed by atoms with E-state index in [1.54, 1.807) is 33.0 Å². The van der Waals surface area contributed by atoms with Gasteiger partial charge in [-0.05, 0) is 55.7 Å². The van der Waals surface area contributed by atoms with Crippen molar-refractivity contribution in [3.8, 4) is 11.1 Å². The van der Waals surface area contributed by atoms with Crippen molar-refractivity contribution in [2.45, 2.75) is 40.2 Å². The molecule has 3 N–H and O–H groups in total. The second-order valence-electron chi connectivity index (χ2n) is 7.55. The van der Waals surface area contributed by atoms with Crippen LogP contribution in [0.25, 0.3) is 16.7 Å². The lowest BCUT2D eigenvalue weighted by atomic mass is 10.00. The van der Waals surface area contributed by atoms with Crippen LogP contribution in [0.5, 0.6) is 0 Å². The third-order valence-corrected chi connectivity index (χ3v) is 4.09. The van der Waals surface area contributed by atoms with Crippen molar-refractivity contribution in [1.29, 1.82) is 0 Å². The number of hydrogen-bond acceptors (Lipinski definition) is 7. The van der Waals surface area contributed by atoms with Gasteiger partial charge in [-0.15, -0.1) is 0 Å². The number of nitrogens with two attached hydrogens (primary N) is 1. The summed E-state index contributed by atoms with van der Waals surface area (Å²) in [4.78, 5) is 25.3. The number of pyridine rings is 1. The molecule has 0 saturated heterocycles. The summed E-state index contributed by atoms with van der Waals surface area (Å²) >= 11 is 0. The number of carbonyl (C=O) groups excluding carboxylic acids is 2. The first-order valence-electron chi connectivity index (χ1n) is 10.3. The maximum atomic E-state index is 14.5. The molecule has 0 aliphatic carbocycles. The van der Waals surface area contributed by atoms with Gasteiger partial charge in [-0.2, -0.15) is 0 Å². The quantitative estimate of drug-likeness (QED) is 0.536. The summed E-state index contributed by atoms with van der Waals surface area (Å²) in [6.07, 6.45) is 3.80. The van der Waals surface area contributed by atoms with Crippen LogP contribution in [0.1, 0.15) is 50.5 Å². The number of halogens is 1. The van der Waals surface area contributed by atoms with Gasteiger partial charge in [0.2, 0.25) is 0 Å². The van der Waals surface area contributed by atoms with Crippen LogP contribution in [0.2, 0.25) is 0 Å². The Labute approximate surface area is 188 Å². The molecule has 7 nitrogen and oxygen atoms in total. The molecule has 32 heavy (non-hydrogen) atoms. The molecule has 2 aromatic rings. The minimum Gasteiger partial charge on any atom is -0.471 e. The van der Waals surface area contributed by atoms with Crippen molar-refractivity contribution in [1.82, 2.24) is 10.3 Å². The highest BCUT2D eigenvalue weighted by Gasteiger charge is 2.21. The van der Waals surface area contributed by atoms with E-state index < -0.39 is 17.4 Å². The number of anilines is 1. The van der Waals surface area contributed by atoms with Crippen LogP contribution in [0.15, 0.2) is 36.5 Å². The van der Waals surface area contributed by atoms with E-state index >= 15 is 0 Å². The van der Waals surface area contributed by atoms with Gasteiger partial charge < -0.3 is 20.5 Å². The SMILES string of the molecule is CC.CC(C)(C)OC(=O)c1ccc(-c2cc(C3=CCNC3)cnc2N)cc1F.COC=O. The summed E-state index contributed by atoms with van der Waals surface area (Å²) in [7, 11) is 1.31. The van der Waals surface area contributed by atoms with Crippen LogP contribution >= 0.6 is 0 Å². The molecular weight excluding hydrogens is 413 g/mol. The smallest absolute Gasteiger partial charge is 0.341 e. The van der Waals surface area contributed by atoms with Crippen LogP contribution in [0.3, 0.4) is 0 Å². The molecule has 3 rings (SSSR count). The van der Waals surface area contributed by atoms with Gasteiger partial charge >= 0.3 is 5.97 Å². The van der Waals surface area contributed by atoms with E-state index in [0.29, 0.717) is 23.4 Å². The highest BCUT2D eigenvalue weighted by atomic mass is 19.1. The molecule has 1 aliphatic heterocycles. The number of benzene rings is 1. The number of esters is 1. The number of rotatable bonds is 4. The summed E-state index contributed by atoms with van der Waals surface area (Å²) < 4.78 is 23.6. The molecule has 2 heterocycles. The Balaban J connectivity index is 0.000000769. The number of carbonyl (C=O) groups is 2. The van der Waals surface area contributed by atoms with Crippen LogP contribution in [-0.2, 0) is 14.3 Å². The van der Waals surface area contributed by atoms with E-state index in [2.05, 4.69) is 21.1 Å². The topological polar surface area (TPSA) is 104 Å². The zero-order valence-corrected chi connectivity index (χ0v) is 19.5. The first-order valence-corrected chi connectivity index (χ1v) is 10.3. The molecule has 1 aromatic heterocycles. The van der Waals surface area contributed by atoms with Gasteiger partial charge in [-0.1, -0.05) is 26.0 Å². The van der Waals surface area contributed by atoms with Gasteiger partial charge in [-0.25, -0.2) is 14.2 Å². The molecular formula is C24H32FN3O4. The van der Waals surface area contributed by atoms with Gasteiger partial charge in [0.1, 0.15) is 17.2 Å². The fourth-order valence-corrected chi connectivity index (χ4v) is 2.76. The molecule has 0 amide bonds. The third-order valence-electron chi connectivity index (χ3n) is 4.09. The number of nitrogens with one attached hydrogen (secondary N) is 1. The Bertz CT molecular complexity index is 953. The van der Waals surface area contributed by atoms with Crippen LogP contribution < -0.4 is 11.1 Å². The maximum absolute atomic E-state index is 14.5. The molecule has 0 fully saturated rings. The van der Waals surface area contributed by atoms with Crippen molar-refractivity contribution >= 4 is 23.8 Å². The van der Waals surface area contributed by atoms with Gasteiger partial charge in [0.15, 0.2) is 0 Å². The lowest BCUT2D eigenvalue weighted by Gasteiger charge is -2.19. The number of aromatic nitrogens is 1. The highest BCUT2D eigenvalue weighted by molar-refractivity contribution is 5.91. The Hall–Kier alpha value is -3.26. The largest absolute Gasteiger partial charge is 0.471 e. The average Bonchev–Trinajstić information content (AvgIpc) is 3.29. The van der Waals surface area contributed by atoms with Crippen LogP contribution in [-0.4, -0.2) is 43.2 Å². The average molecular weight is 446 g/mol. The molecule has 0 bridgehead atoms. The lowest BCUT2D eigenvalue weighted by Crippen LogP contribution is -2.24. The molecule has 174 valence electrons. The van der Waals surface area contributed by atoms with Crippen molar-refractivity contribution in [3.63, 3.8) is 0 Å². The fraction of sp³-hybridized carbons (Fsp3) is 0.375. The van der Waals surface area contributed by atoms with Crippen molar-refractivity contribution in [2.24, 2.45) is 0 Å². The van der Waals surface area contributed by atoms with Crippen molar-refractivity contribution in [3.05, 3.63) is 53.5 Å². The minimum absolute atomic E-state index is 0.103. The first kappa shape index (κ1) is 26.8. The monoisotopic (exact) mass is 445 g/mol.